The highest BCUT2D eigenvalue weighted by Crippen LogP contribution is 2.32. The topological polar surface area (TPSA) is 51.8 Å². The summed E-state index contributed by atoms with van der Waals surface area (Å²) in [6.07, 6.45) is 4.62. The van der Waals surface area contributed by atoms with E-state index >= 15 is 0 Å². The minimum atomic E-state index is 0.00366. The number of hydrogen-bond acceptors (Lipinski definition) is 4. The molecular weight excluding hydrogens is 206 g/mol. The molecule has 2 aromatic rings. The Morgan fingerprint density at radius 2 is 2.33 bits per heavy atom. The maximum absolute atomic E-state index is 5.82. The quantitative estimate of drug-likeness (QED) is 0.865. The molecule has 2 rings (SSSR count). The van der Waals surface area contributed by atoms with Crippen LogP contribution in [0.25, 0.3) is 10.2 Å². The molecule has 15 heavy (non-hydrogen) atoms. The summed E-state index contributed by atoms with van der Waals surface area (Å²) in [6.45, 7) is 4.95. The second-order valence-electron chi connectivity index (χ2n) is 3.98. The van der Waals surface area contributed by atoms with Crippen LogP contribution in [-0.4, -0.2) is 16.5 Å². The third-order valence-corrected chi connectivity index (χ3v) is 4.28. The van der Waals surface area contributed by atoms with E-state index < -0.39 is 0 Å². The van der Waals surface area contributed by atoms with E-state index in [-0.39, 0.29) is 5.41 Å². The number of fused-ring (bicyclic) bond motifs is 1. The van der Waals surface area contributed by atoms with Gasteiger partial charge in [-0.1, -0.05) is 13.8 Å². The lowest BCUT2D eigenvalue weighted by Crippen LogP contribution is -2.30. The molecule has 0 amide bonds. The summed E-state index contributed by atoms with van der Waals surface area (Å²) in [5.41, 5.74) is 6.80. The Hall–Kier alpha value is -1.00. The lowest BCUT2D eigenvalue weighted by molar-refractivity contribution is 0.465. The van der Waals surface area contributed by atoms with Crippen molar-refractivity contribution < 1.29 is 0 Å². The molecule has 0 fully saturated rings. The van der Waals surface area contributed by atoms with Crippen LogP contribution < -0.4 is 5.73 Å². The summed E-state index contributed by atoms with van der Waals surface area (Å²) in [6, 6.07) is 2.00. The molecule has 4 heteroatoms. The van der Waals surface area contributed by atoms with Crippen LogP contribution in [0, 0.1) is 0 Å². The van der Waals surface area contributed by atoms with Gasteiger partial charge >= 0.3 is 0 Å². The zero-order valence-corrected chi connectivity index (χ0v) is 9.84. The third-order valence-electron chi connectivity index (χ3n) is 2.94. The van der Waals surface area contributed by atoms with Crippen LogP contribution in [0.3, 0.4) is 0 Å². The zero-order valence-electron chi connectivity index (χ0n) is 9.03. The van der Waals surface area contributed by atoms with Crippen molar-refractivity contribution in [2.45, 2.75) is 25.7 Å². The van der Waals surface area contributed by atoms with Gasteiger partial charge in [-0.25, -0.2) is 4.98 Å². The number of aromatic nitrogens is 2. The molecule has 0 aliphatic heterocycles. The third kappa shape index (κ3) is 1.75. The van der Waals surface area contributed by atoms with E-state index in [1.165, 1.54) is 4.70 Å². The van der Waals surface area contributed by atoms with Crippen molar-refractivity contribution in [3.8, 4) is 0 Å². The smallest absolute Gasteiger partial charge is 0.101 e. The van der Waals surface area contributed by atoms with Crippen molar-refractivity contribution in [3.63, 3.8) is 0 Å². The first-order chi connectivity index (χ1) is 7.19. The van der Waals surface area contributed by atoms with E-state index in [0.717, 1.165) is 16.9 Å². The highest BCUT2D eigenvalue weighted by Gasteiger charge is 2.26. The van der Waals surface area contributed by atoms with E-state index in [2.05, 4.69) is 23.8 Å². The molecule has 1 unspecified atom stereocenters. The fourth-order valence-electron chi connectivity index (χ4n) is 1.42. The normalized spacial score (nSPS) is 15.4. The highest BCUT2D eigenvalue weighted by atomic mass is 32.1. The first-order valence-corrected chi connectivity index (χ1v) is 5.92. The molecule has 2 heterocycles. The summed E-state index contributed by atoms with van der Waals surface area (Å²) in [5.74, 6) is 0. The minimum Gasteiger partial charge on any atom is -0.330 e. The van der Waals surface area contributed by atoms with Crippen molar-refractivity contribution in [1.29, 1.82) is 0 Å². The Balaban J connectivity index is 2.52. The molecule has 0 spiro atoms. The Kier molecular flexibility index (Phi) is 2.71. The van der Waals surface area contributed by atoms with Crippen LogP contribution in [-0.2, 0) is 5.41 Å². The minimum absolute atomic E-state index is 0.00366. The molecule has 2 aromatic heterocycles. The molecule has 0 saturated heterocycles. The predicted octanol–water partition coefficient (Wildman–Crippen LogP) is 2.32. The molecule has 0 saturated carbocycles. The van der Waals surface area contributed by atoms with Crippen LogP contribution in [0.5, 0.6) is 0 Å². The van der Waals surface area contributed by atoms with Crippen molar-refractivity contribution in [2.24, 2.45) is 5.73 Å². The van der Waals surface area contributed by atoms with Gasteiger partial charge in [0, 0.05) is 18.2 Å². The maximum Gasteiger partial charge on any atom is 0.101 e. The van der Waals surface area contributed by atoms with Crippen LogP contribution in [0.2, 0.25) is 0 Å². The Morgan fingerprint density at radius 3 is 2.93 bits per heavy atom. The maximum atomic E-state index is 5.82. The number of rotatable bonds is 3. The Labute approximate surface area is 93.4 Å². The lowest BCUT2D eigenvalue weighted by atomic mass is 9.89. The largest absolute Gasteiger partial charge is 0.330 e. The van der Waals surface area contributed by atoms with Gasteiger partial charge in [0.2, 0.25) is 0 Å². The van der Waals surface area contributed by atoms with E-state index in [1.807, 2.05) is 12.3 Å². The van der Waals surface area contributed by atoms with Crippen LogP contribution in [0.1, 0.15) is 25.3 Å². The fraction of sp³-hybridized carbons (Fsp3) is 0.455. The molecule has 0 aromatic carbocycles. The van der Waals surface area contributed by atoms with Gasteiger partial charge in [0.1, 0.15) is 5.01 Å². The highest BCUT2D eigenvalue weighted by molar-refractivity contribution is 7.18. The lowest BCUT2D eigenvalue weighted by Gasteiger charge is -2.22. The summed E-state index contributed by atoms with van der Waals surface area (Å²) in [5, 5.41) is 1.12. The predicted molar refractivity (Wildman–Crippen MR) is 64.1 cm³/mol. The molecule has 0 radical (unpaired) electrons. The first-order valence-electron chi connectivity index (χ1n) is 5.11. The van der Waals surface area contributed by atoms with Gasteiger partial charge in [0.15, 0.2) is 0 Å². The number of pyridine rings is 1. The number of thiazole rings is 1. The van der Waals surface area contributed by atoms with Gasteiger partial charge in [-0.3, -0.25) is 4.98 Å². The molecule has 80 valence electrons. The molecule has 2 N–H and O–H groups in total. The van der Waals surface area contributed by atoms with E-state index in [1.54, 1.807) is 17.5 Å². The molecular formula is C11H15N3S. The van der Waals surface area contributed by atoms with Gasteiger partial charge in [-0.05, 0) is 12.5 Å². The van der Waals surface area contributed by atoms with Crippen molar-refractivity contribution in [2.75, 3.05) is 6.54 Å². The average molecular weight is 221 g/mol. The molecule has 3 nitrogen and oxygen atoms in total. The molecule has 0 aliphatic carbocycles. The average Bonchev–Trinajstić information content (AvgIpc) is 2.72. The van der Waals surface area contributed by atoms with Gasteiger partial charge in [-0.2, -0.15) is 0 Å². The van der Waals surface area contributed by atoms with Gasteiger partial charge in [0.05, 0.1) is 16.4 Å². The molecule has 1 atom stereocenters. The van der Waals surface area contributed by atoms with Crippen molar-refractivity contribution in [3.05, 3.63) is 23.5 Å². The SMILES string of the molecule is CCC(C)(CN)c1nc2cnccc2s1. The number of hydrogen-bond donors (Lipinski definition) is 1. The second-order valence-corrected chi connectivity index (χ2v) is 5.01. The van der Waals surface area contributed by atoms with Crippen LogP contribution in [0.15, 0.2) is 18.5 Å². The zero-order chi connectivity index (χ0) is 10.9. The van der Waals surface area contributed by atoms with E-state index in [0.29, 0.717) is 6.54 Å². The first kappa shape index (κ1) is 10.5. The van der Waals surface area contributed by atoms with Gasteiger partial charge in [-0.15, -0.1) is 11.3 Å². The Morgan fingerprint density at radius 1 is 1.53 bits per heavy atom. The summed E-state index contributed by atoms with van der Waals surface area (Å²) < 4.78 is 1.19. The standard InChI is InChI=1S/C11H15N3S/c1-3-11(2,7-12)10-14-8-6-13-5-4-9(8)15-10/h4-6H,3,7,12H2,1-2H3. The van der Waals surface area contributed by atoms with Crippen molar-refractivity contribution in [1.82, 2.24) is 9.97 Å². The molecule has 0 aliphatic rings. The van der Waals surface area contributed by atoms with Gasteiger partial charge < -0.3 is 5.73 Å². The van der Waals surface area contributed by atoms with Crippen LogP contribution >= 0.6 is 11.3 Å². The van der Waals surface area contributed by atoms with Crippen molar-refractivity contribution >= 4 is 21.6 Å². The van der Waals surface area contributed by atoms with Gasteiger partial charge in [0.25, 0.3) is 0 Å². The monoisotopic (exact) mass is 221 g/mol. The Bertz CT molecular complexity index is 427. The van der Waals surface area contributed by atoms with Crippen LogP contribution in [0.4, 0.5) is 0 Å². The fourth-order valence-corrected chi connectivity index (χ4v) is 2.58. The summed E-state index contributed by atoms with van der Waals surface area (Å²) >= 11 is 1.72. The second kappa shape index (κ2) is 3.87. The van der Waals surface area contributed by atoms with E-state index in [4.69, 9.17) is 5.73 Å². The summed E-state index contributed by atoms with van der Waals surface area (Å²) in [7, 11) is 0. The van der Waals surface area contributed by atoms with E-state index in [9.17, 15) is 0 Å². The molecule has 0 bridgehead atoms. The number of nitrogens with two attached hydrogens (primary N) is 1. The number of nitrogens with zero attached hydrogens (tertiary/aromatic N) is 2. The summed E-state index contributed by atoms with van der Waals surface area (Å²) in [4.78, 5) is 8.68.